The molecule has 0 aliphatic rings. The highest BCUT2D eigenvalue weighted by molar-refractivity contribution is 9.10. The van der Waals surface area contributed by atoms with Crippen LogP contribution in [0.15, 0.2) is 41.0 Å². The molecule has 1 N–H and O–H groups in total. The average molecular weight is 370 g/mol. The number of para-hydroxylation sites is 1. The van der Waals surface area contributed by atoms with Crippen LogP contribution in [-0.2, 0) is 0 Å². The Morgan fingerprint density at radius 3 is 2.76 bits per heavy atom. The molecular weight excluding hydrogens is 356 g/mol. The number of carbonyl (C=O) groups excluding carboxylic acids is 1. The van der Waals surface area contributed by atoms with Crippen LogP contribution < -0.4 is 0 Å². The minimum atomic E-state index is -0.297. The van der Waals surface area contributed by atoms with Crippen LogP contribution in [-0.4, -0.2) is 27.9 Å². The lowest BCUT2D eigenvalue weighted by Crippen LogP contribution is -2.30. The van der Waals surface area contributed by atoms with Crippen molar-refractivity contribution in [2.24, 2.45) is 0 Å². The first-order valence-corrected chi connectivity index (χ1v) is 7.45. The van der Waals surface area contributed by atoms with Gasteiger partial charge in [-0.2, -0.15) is 0 Å². The second-order valence-corrected chi connectivity index (χ2v) is 5.92. The predicted molar refractivity (Wildman–Crippen MR) is 85.6 cm³/mol. The first-order chi connectivity index (χ1) is 9.91. The van der Waals surface area contributed by atoms with E-state index in [4.69, 9.17) is 11.6 Å². The van der Waals surface area contributed by atoms with E-state index in [1.165, 1.54) is 11.1 Å². The third kappa shape index (κ3) is 3.36. The number of hydrogen-bond donors (Lipinski definition) is 1. The fraction of sp³-hybridized carbons (Fsp3) is 0.200. The van der Waals surface area contributed by atoms with Gasteiger partial charge in [-0.3, -0.25) is 4.79 Å². The Hall–Kier alpha value is -1.59. The fourth-order valence-electron chi connectivity index (χ4n) is 1.99. The number of aromatic hydroxyl groups is 1. The molecule has 1 heterocycles. The van der Waals surface area contributed by atoms with Crippen LogP contribution >= 0.6 is 27.5 Å². The van der Waals surface area contributed by atoms with Crippen molar-refractivity contribution < 1.29 is 9.90 Å². The van der Waals surface area contributed by atoms with Crippen LogP contribution in [0.4, 0.5) is 0 Å². The van der Waals surface area contributed by atoms with Gasteiger partial charge < -0.3 is 10.0 Å². The maximum Gasteiger partial charge on any atom is 0.257 e. The zero-order valence-corrected chi connectivity index (χ0v) is 13.9. The van der Waals surface area contributed by atoms with Gasteiger partial charge in [-0.05, 0) is 35.0 Å². The standard InChI is InChI=1S/C15H14BrClN2O2/c1-9(11-5-3-4-6-13(11)20)19(2)15(21)12-7-10(16)8-18-14(12)17/h3-9,20H,1-2H3. The summed E-state index contributed by atoms with van der Waals surface area (Å²) in [4.78, 5) is 18.0. The summed E-state index contributed by atoms with van der Waals surface area (Å²) in [7, 11) is 1.66. The van der Waals surface area contributed by atoms with E-state index < -0.39 is 0 Å². The van der Waals surface area contributed by atoms with Crippen molar-refractivity contribution in [3.05, 3.63) is 57.3 Å². The number of pyridine rings is 1. The van der Waals surface area contributed by atoms with E-state index >= 15 is 0 Å². The smallest absolute Gasteiger partial charge is 0.257 e. The second-order valence-electron chi connectivity index (χ2n) is 4.64. The van der Waals surface area contributed by atoms with Crippen molar-refractivity contribution in [3.8, 4) is 5.75 Å². The minimum absolute atomic E-state index is 0.152. The molecule has 1 atom stereocenters. The van der Waals surface area contributed by atoms with Gasteiger partial charge in [0.1, 0.15) is 10.9 Å². The molecule has 1 aromatic heterocycles. The van der Waals surface area contributed by atoms with Crippen LogP contribution in [0.2, 0.25) is 5.15 Å². The molecule has 0 bridgehead atoms. The maximum absolute atomic E-state index is 12.5. The molecule has 1 aromatic carbocycles. The molecule has 4 nitrogen and oxygen atoms in total. The molecular formula is C15H14BrClN2O2. The van der Waals surface area contributed by atoms with Crippen molar-refractivity contribution in [2.45, 2.75) is 13.0 Å². The van der Waals surface area contributed by atoms with Crippen molar-refractivity contribution >= 4 is 33.4 Å². The molecule has 6 heteroatoms. The Morgan fingerprint density at radius 2 is 2.10 bits per heavy atom. The Balaban J connectivity index is 2.31. The molecule has 0 saturated carbocycles. The first-order valence-electron chi connectivity index (χ1n) is 6.28. The van der Waals surface area contributed by atoms with E-state index in [1.807, 2.05) is 13.0 Å². The van der Waals surface area contributed by atoms with E-state index in [2.05, 4.69) is 20.9 Å². The largest absolute Gasteiger partial charge is 0.508 e. The third-order valence-electron chi connectivity index (χ3n) is 3.32. The van der Waals surface area contributed by atoms with Crippen molar-refractivity contribution in [1.29, 1.82) is 0 Å². The monoisotopic (exact) mass is 368 g/mol. The summed E-state index contributed by atoms with van der Waals surface area (Å²) in [6, 6.07) is 8.27. The lowest BCUT2D eigenvalue weighted by Gasteiger charge is -2.26. The summed E-state index contributed by atoms with van der Waals surface area (Å²) in [5.74, 6) is -0.104. The number of phenolic OH excluding ortho intramolecular Hbond substituents is 1. The summed E-state index contributed by atoms with van der Waals surface area (Å²) in [5.41, 5.74) is 0.989. The van der Waals surface area contributed by atoms with E-state index in [-0.39, 0.29) is 22.9 Å². The molecule has 0 aliphatic carbocycles. The van der Waals surface area contributed by atoms with E-state index in [0.717, 1.165) is 0 Å². The Bertz CT molecular complexity index is 678. The Kier molecular flexibility index (Phi) is 4.85. The molecule has 2 rings (SSSR count). The first kappa shape index (κ1) is 15.8. The Labute approximate surface area is 136 Å². The van der Waals surface area contributed by atoms with Crippen LogP contribution in [0.1, 0.15) is 28.9 Å². The second kappa shape index (κ2) is 6.45. The lowest BCUT2D eigenvalue weighted by molar-refractivity contribution is 0.0741. The van der Waals surface area contributed by atoms with Gasteiger partial charge in [-0.1, -0.05) is 29.8 Å². The van der Waals surface area contributed by atoms with Gasteiger partial charge in [-0.25, -0.2) is 4.98 Å². The van der Waals surface area contributed by atoms with E-state index in [1.54, 1.807) is 31.3 Å². The highest BCUT2D eigenvalue weighted by atomic mass is 79.9. The summed E-state index contributed by atoms with van der Waals surface area (Å²) in [6.07, 6.45) is 1.53. The minimum Gasteiger partial charge on any atom is -0.508 e. The zero-order chi connectivity index (χ0) is 15.6. The molecule has 0 radical (unpaired) electrons. The van der Waals surface area contributed by atoms with Crippen molar-refractivity contribution in [3.63, 3.8) is 0 Å². The number of phenols is 1. The number of hydrogen-bond acceptors (Lipinski definition) is 3. The quantitative estimate of drug-likeness (QED) is 0.831. The van der Waals surface area contributed by atoms with Gasteiger partial charge in [0.15, 0.2) is 0 Å². The van der Waals surface area contributed by atoms with Gasteiger partial charge in [0.2, 0.25) is 0 Å². The third-order valence-corrected chi connectivity index (χ3v) is 4.06. The van der Waals surface area contributed by atoms with E-state index in [0.29, 0.717) is 15.6 Å². The normalized spacial score (nSPS) is 12.0. The lowest BCUT2D eigenvalue weighted by atomic mass is 10.1. The number of carbonyl (C=O) groups is 1. The molecule has 1 amide bonds. The molecule has 0 fully saturated rings. The highest BCUT2D eigenvalue weighted by Crippen LogP contribution is 2.29. The van der Waals surface area contributed by atoms with Crippen molar-refractivity contribution in [2.75, 3.05) is 7.05 Å². The van der Waals surface area contributed by atoms with Crippen LogP contribution in [0, 0.1) is 0 Å². The van der Waals surface area contributed by atoms with Crippen LogP contribution in [0.5, 0.6) is 5.75 Å². The summed E-state index contributed by atoms with van der Waals surface area (Å²) < 4.78 is 0.680. The van der Waals surface area contributed by atoms with Gasteiger partial charge >= 0.3 is 0 Å². The zero-order valence-electron chi connectivity index (χ0n) is 11.5. The molecule has 0 spiro atoms. The summed E-state index contributed by atoms with van der Waals surface area (Å²) in [5, 5.41) is 10.0. The van der Waals surface area contributed by atoms with Gasteiger partial charge in [0.05, 0.1) is 11.6 Å². The van der Waals surface area contributed by atoms with Crippen LogP contribution in [0.3, 0.4) is 0 Å². The SMILES string of the molecule is CC(c1ccccc1O)N(C)C(=O)c1cc(Br)cnc1Cl. The number of nitrogens with zero attached hydrogens (tertiary/aromatic N) is 2. The number of benzene rings is 1. The number of halogens is 2. The fourth-order valence-corrected chi connectivity index (χ4v) is 2.50. The van der Waals surface area contributed by atoms with E-state index in [9.17, 15) is 9.90 Å². The summed E-state index contributed by atoms with van der Waals surface area (Å²) in [6.45, 7) is 1.84. The number of aromatic nitrogens is 1. The molecule has 110 valence electrons. The maximum atomic E-state index is 12.5. The van der Waals surface area contributed by atoms with Crippen molar-refractivity contribution in [1.82, 2.24) is 9.88 Å². The topological polar surface area (TPSA) is 53.4 Å². The molecule has 1 unspecified atom stereocenters. The summed E-state index contributed by atoms with van der Waals surface area (Å²) >= 11 is 9.26. The molecule has 2 aromatic rings. The average Bonchev–Trinajstić information content (AvgIpc) is 2.48. The number of amides is 1. The molecule has 21 heavy (non-hydrogen) atoms. The van der Waals surface area contributed by atoms with Gasteiger partial charge in [0, 0.05) is 23.3 Å². The molecule has 0 saturated heterocycles. The Morgan fingerprint density at radius 1 is 1.43 bits per heavy atom. The molecule has 0 aliphatic heterocycles. The highest BCUT2D eigenvalue weighted by Gasteiger charge is 2.23. The van der Waals surface area contributed by atoms with Gasteiger partial charge in [0.25, 0.3) is 5.91 Å². The van der Waals surface area contributed by atoms with Crippen LogP contribution in [0.25, 0.3) is 0 Å². The van der Waals surface area contributed by atoms with Gasteiger partial charge in [-0.15, -0.1) is 0 Å². The predicted octanol–water partition coefficient (Wildman–Crippen LogP) is 4.04. The number of rotatable bonds is 3.